The van der Waals surface area contributed by atoms with Crippen LogP contribution in [0.1, 0.15) is 66.2 Å². The average molecular weight is 340 g/mol. The average Bonchev–Trinajstić information content (AvgIpc) is 2.50. The minimum atomic E-state index is -0.864. The fourth-order valence-electron chi connectivity index (χ4n) is 3.20. The molecule has 0 aromatic carbocycles. The summed E-state index contributed by atoms with van der Waals surface area (Å²) in [5.41, 5.74) is -0.864. The molecule has 24 heavy (non-hydrogen) atoms. The van der Waals surface area contributed by atoms with Crippen LogP contribution < -0.4 is 10.6 Å². The number of nitrogens with one attached hydrogen (secondary N) is 2. The predicted octanol–water partition coefficient (Wildman–Crippen LogP) is 2.32. The van der Waals surface area contributed by atoms with E-state index in [4.69, 9.17) is 0 Å². The van der Waals surface area contributed by atoms with Crippen LogP contribution in [0, 0.1) is 17.3 Å². The molecule has 0 radical (unpaired) electrons. The SMILES string of the molecule is CC(C)CC(=O)NC(C(=O)NCC1(C(=O)O)CCCCC1)C(C)C. The van der Waals surface area contributed by atoms with E-state index in [1.165, 1.54) is 0 Å². The molecule has 0 heterocycles. The van der Waals surface area contributed by atoms with Crippen molar-refractivity contribution in [2.75, 3.05) is 6.54 Å². The standard InChI is InChI=1S/C18H32N2O4/c1-12(2)10-14(21)20-15(13(3)4)16(22)19-11-18(17(23)24)8-6-5-7-9-18/h12-13,15H,5-11H2,1-4H3,(H,19,22)(H,20,21)(H,23,24). The molecule has 3 N–H and O–H groups in total. The monoisotopic (exact) mass is 340 g/mol. The zero-order valence-corrected chi connectivity index (χ0v) is 15.4. The Balaban J connectivity index is 2.67. The van der Waals surface area contributed by atoms with Gasteiger partial charge in [0.2, 0.25) is 11.8 Å². The lowest BCUT2D eigenvalue weighted by Crippen LogP contribution is -2.53. The molecule has 1 fully saturated rings. The van der Waals surface area contributed by atoms with Gasteiger partial charge in [0.1, 0.15) is 6.04 Å². The van der Waals surface area contributed by atoms with E-state index in [2.05, 4.69) is 10.6 Å². The summed E-state index contributed by atoms with van der Waals surface area (Å²) in [7, 11) is 0. The quantitative estimate of drug-likeness (QED) is 0.632. The largest absolute Gasteiger partial charge is 0.481 e. The molecular weight excluding hydrogens is 308 g/mol. The van der Waals surface area contributed by atoms with Gasteiger partial charge in [-0.15, -0.1) is 0 Å². The fourth-order valence-corrected chi connectivity index (χ4v) is 3.20. The molecule has 0 aromatic rings. The maximum absolute atomic E-state index is 12.5. The number of hydrogen-bond donors (Lipinski definition) is 3. The first-order chi connectivity index (χ1) is 11.2. The Morgan fingerprint density at radius 3 is 2.08 bits per heavy atom. The molecule has 1 unspecified atom stereocenters. The summed E-state index contributed by atoms with van der Waals surface area (Å²) >= 11 is 0. The van der Waals surface area contributed by atoms with E-state index >= 15 is 0 Å². The van der Waals surface area contributed by atoms with Gasteiger partial charge >= 0.3 is 5.97 Å². The van der Waals surface area contributed by atoms with Crippen molar-refractivity contribution in [1.29, 1.82) is 0 Å². The van der Waals surface area contributed by atoms with Crippen molar-refractivity contribution in [3.63, 3.8) is 0 Å². The normalized spacial score (nSPS) is 18.2. The number of hydrogen-bond acceptors (Lipinski definition) is 3. The Hall–Kier alpha value is -1.59. The van der Waals surface area contributed by atoms with Crippen molar-refractivity contribution < 1.29 is 19.5 Å². The number of carbonyl (C=O) groups is 3. The molecule has 138 valence electrons. The summed E-state index contributed by atoms with van der Waals surface area (Å²) in [6.45, 7) is 7.76. The molecule has 0 spiro atoms. The minimum Gasteiger partial charge on any atom is -0.481 e. The Morgan fingerprint density at radius 1 is 1.04 bits per heavy atom. The maximum atomic E-state index is 12.5. The second-order valence-electron chi connectivity index (χ2n) is 7.75. The molecule has 6 nitrogen and oxygen atoms in total. The molecule has 0 aliphatic heterocycles. The first-order valence-corrected chi connectivity index (χ1v) is 8.98. The highest BCUT2D eigenvalue weighted by atomic mass is 16.4. The number of carboxylic acids is 1. The molecule has 1 atom stereocenters. The summed E-state index contributed by atoms with van der Waals surface area (Å²) in [6, 6.07) is -0.634. The predicted molar refractivity (Wildman–Crippen MR) is 92.4 cm³/mol. The minimum absolute atomic E-state index is 0.0618. The van der Waals surface area contributed by atoms with E-state index in [0.717, 1.165) is 19.3 Å². The molecule has 1 aliphatic carbocycles. The molecule has 2 amide bonds. The smallest absolute Gasteiger partial charge is 0.311 e. The van der Waals surface area contributed by atoms with Crippen LogP contribution in [0.4, 0.5) is 0 Å². The molecule has 0 saturated heterocycles. The number of amides is 2. The van der Waals surface area contributed by atoms with E-state index in [0.29, 0.717) is 19.3 Å². The summed E-state index contributed by atoms with van der Waals surface area (Å²) in [6.07, 6.45) is 4.35. The maximum Gasteiger partial charge on any atom is 0.311 e. The molecule has 0 aromatic heterocycles. The van der Waals surface area contributed by atoms with Gasteiger partial charge in [-0.3, -0.25) is 14.4 Å². The molecular formula is C18H32N2O4. The van der Waals surface area contributed by atoms with Gasteiger partial charge in [-0.05, 0) is 24.7 Å². The van der Waals surface area contributed by atoms with Crippen LogP contribution in [0.3, 0.4) is 0 Å². The van der Waals surface area contributed by atoms with Gasteiger partial charge in [0.25, 0.3) is 0 Å². The highest BCUT2D eigenvalue weighted by Crippen LogP contribution is 2.36. The summed E-state index contributed by atoms with van der Waals surface area (Å²) in [5.74, 6) is -1.13. The number of aliphatic carboxylic acids is 1. The van der Waals surface area contributed by atoms with E-state index in [1.807, 2.05) is 27.7 Å². The van der Waals surface area contributed by atoms with Crippen molar-refractivity contribution in [3.05, 3.63) is 0 Å². The zero-order chi connectivity index (χ0) is 18.3. The van der Waals surface area contributed by atoms with Crippen LogP contribution >= 0.6 is 0 Å². The van der Waals surface area contributed by atoms with Crippen LogP contribution in [-0.4, -0.2) is 35.5 Å². The first kappa shape index (κ1) is 20.5. The van der Waals surface area contributed by atoms with Crippen molar-refractivity contribution in [3.8, 4) is 0 Å². The van der Waals surface area contributed by atoms with Crippen LogP contribution in [0.15, 0.2) is 0 Å². The molecule has 1 saturated carbocycles. The highest BCUT2D eigenvalue weighted by molar-refractivity contribution is 5.88. The lowest BCUT2D eigenvalue weighted by molar-refractivity contribution is -0.151. The zero-order valence-electron chi connectivity index (χ0n) is 15.4. The Labute approximate surface area is 144 Å². The van der Waals surface area contributed by atoms with Gasteiger partial charge in [0, 0.05) is 13.0 Å². The van der Waals surface area contributed by atoms with Crippen molar-refractivity contribution in [1.82, 2.24) is 10.6 Å². The lowest BCUT2D eigenvalue weighted by Gasteiger charge is -2.34. The van der Waals surface area contributed by atoms with Gasteiger partial charge in [-0.1, -0.05) is 47.0 Å². The van der Waals surface area contributed by atoms with Gasteiger partial charge in [0.05, 0.1) is 5.41 Å². The van der Waals surface area contributed by atoms with Crippen LogP contribution in [0.25, 0.3) is 0 Å². The van der Waals surface area contributed by atoms with Crippen molar-refractivity contribution >= 4 is 17.8 Å². The number of carboxylic acid groups (broad SMARTS) is 1. The van der Waals surface area contributed by atoms with Crippen LogP contribution in [0.5, 0.6) is 0 Å². The van der Waals surface area contributed by atoms with E-state index in [-0.39, 0.29) is 30.2 Å². The van der Waals surface area contributed by atoms with E-state index in [1.54, 1.807) is 0 Å². The van der Waals surface area contributed by atoms with Crippen LogP contribution in [-0.2, 0) is 14.4 Å². The highest BCUT2D eigenvalue weighted by Gasteiger charge is 2.40. The van der Waals surface area contributed by atoms with Gasteiger partial charge in [-0.25, -0.2) is 0 Å². The second-order valence-corrected chi connectivity index (χ2v) is 7.75. The van der Waals surface area contributed by atoms with Gasteiger partial charge < -0.3 is 15.7 Å². The summed E-state index contributed by atoms with van der Waals surface area (Å²) in [5, 5.41) is 15.1. The third-order valence-corrected chi connectivity index (χ3v) is 4.72. The van der Waals surface area contributed by atoms with E-state index < -0.39 is 17.4 Å². The topological polar surface area (TPSA) is 95.5 Å². The molecule has 1 aliphatic rings. The van der Waals surface area contributed by atoms with Crippen molar-refractivity contribution in [2.24, 2.45) is 17.3 Å². The summed E-state index contributed by atoms with van der Waals surface area (Å²) < 4.78 is 0. The Morgan fingerprint density at radius 2 is 1.62 bits per heavy atom. The number of rotatable bonds is 8. The lowest BCUT2D eigenvalue weighted by atomic mass is 9.74. The fraction of sp³-hybridized carbons (Fsp3) is 0.833. The van der Waals surface area contributed by atoms with Crippen molar-refractivity contribution in [2.45, 2.75) is 72.3 Å². The van der Waals surface area contributed by atoms with Gasteiger partial charge in [-0.2, -0.15) is 0 Å². The van der Waals surface area contributed by atoms with E-state index in [9.17, 15) is 19.5 Å². The Kier molecular flexibility index (Phi) is 7.70. The molecule has 1 rings (SSSR count). The third kappa shape index (κ3) is 5.80. The third-order valence-electron chi connectivity index (χ3n) is 4.72. The molecule has 6 heteroatoms. The number of carbonyl (C=O) groups excluding carboxylic acids is 2. The molecule has 0 bridgehead atoms. The van der Waals surface area contributed by atoms with Gasteiger partial charge in [0.15, 0.2) is 0 Å². The van der Waals surface area contributed by atoms with Crippen LogP contribution in [0.2, 0.25) is 0 Å². The summed E-state index contributed by atoms with van der Waals surface area (Å²) in [4.78, 5) is 36.1. The first-order valence-electron chi connectivity index (χ1n) is 8.98. The Bertz CT molecular complexity index is 454. The second kappa shape index (κ2) is 9.04.